The van der Waals surface area contributed by atoms with Crippen molar-refractivity contribution in [2.75, 3.05) is 0 Å². The number of ether oxygens (including phenoxy) is 1. The van der Waals surface area contributed by atoms with Crippen molar-refractivity contribution < 1.29 is 9.53 Å². The first-order valence-electron chi connectivity index (χ1n) is 2.98. The fraction of sp³-hybridized carbons (Fsp3) is 0.667. The Morgan fingerprint density at radius 1 is 1.70 bits per heavy atom. The van der Waals surface area contributed by atoms with Crippen molar-refractivity contribution in [1.82, 2.24) is 0 Å². The van der Waals surface area contributed by atoms with E-state index in [0.717, 1.165) is 6.42 Å². The van der Waals surface area contributed by atoms with E-state index in [1.165, 1.54) is 0 Å². The summed E-state index contributed by atoms with van der Waals surface area (Å²) in [7, 11) is 0. The van der Waals surface area contributed by atoms with E-state index in [-0.39, 0.29) is 0 Å². The Hall–Kier alpha value is -0.750. The molecule has 0 aromatic rings. The standard InChI is InChI=1S/C6H6ClNO2/c7-5(9)10-6(4-8)2-1-3-6/h1-3H2. The molecule has 0 atom stereocenters. The quantitative estimate of drug-likeness (QED) is 0.549. The summed E-state index contributed by atoms with van der Waals surface area (Å²) in [5.74, 6) is 0. The second kappa shape index (κ2) is 2.47. The van der Waals surface area contributed by atoms with Gasteiger partial charge in [-0.25, -0.2) is 4.79 Å². The lowest BCUT2D eigenvalue weighted by atomic mass is 9.81. The van der Waals surface area contributed by atoms with Gasteiger partial charge in [-0.2, -0.15) is 5.26 Å². The molecule has 0 heterocycles. The van der Waals surface area contributed by atoms with Crippen LogP contribution in [0.15, 0.2) is 0 Å². The molecular formula is C6H6ClNO2. The number of carbonyl (C=O) groups excluding carboxylic acids is 1. The van der Waals surface area contributed by atoms with Gasteiger partial charge >= 0.3 is 5.43 Å². The van der Waals surface area contributed by atoms with Gasteiger partial charge in [0.1, 0.15) is 6.07 Å². The van der Waals surface area contributed by atoms with Gasteiger partial charge < -0.3 is 4.74 Å². The van der Waals surface area contributed by atoms with Crippen LogP contribution < -0.4 is 0 Å². The zero-order chi connectivity index (χ0) is 7.61. The van der Waals surface area contributed by atoms with Gasteiger partial charge in [0, 0.05) is 24.4 Å². The molecule has 0 unspecified atom stereocenters. The average molecular weight is 160 g/mol. The molecule has 0 N–H and O–H groups in total. The van der Waals surface area contributed by atoms with Gasteiger partial charge in [0.05, 0.1) is 0 Å². The first-order valence-corrected chi connectivity index (χ1v) is 3.36. The first kappa shape index (κ1) is 7.36. The lowest BCUT2D eigenvalue weighted by molar-refractivity contribution is 0.0116. The number of hydrogen-bond donors (Lipinski definition) is 0. The van der Waals surface area contributed by atoms with E-state index in [4.69, 9.17) is 16.9 Å². The zero-order valence-electron chi connectivity index (χ0n) is 5.26. The van der Waals surface area contributed by atoms with Crippen molar-refractivity contribution in [1.29, 1.82) is 5.26 Å². The maximum absolute atomic E-state index is 10.2. The van der Waals surface area contributed by atoms with Gasteiger partial charge in [0.25, 0.3) is 0 Å². The molecule has 0 spiro atoms. The number of rotatable bonds is 1. The number of halogens is 1. The second-order valence-corrected chi connectivity index (χ2v) is 2.61. The van der Waals surface area contributed by atoms with Gasteiger partial charge in [0.2, 0.25) is 0 Å². The van der Waals surface area contributed by atoms with E-state index in [9.17, 15) is 4.79 Å². The van der Waals surface area contributed by atoms with Gasteiger partial charge in [-0.05, 0) is 6.42 Å². The fourth-order valence-corrected chi connectivity index (χ4v) is 1.04. The van der Waals surface area contributed by atoms with E-state index >= 15 is 0 Å². The first-order chi connectivity index (χ1) is 4.68. The molecule has 1 aliphatic rings. The highest BCUT2D eigenvalue weighted by molar-refractivity contribution is 6.61. The Balaban J connectivity index is 2.51. The smallest absolute Gasteiger partial charge is 0.405 e. The second-order valence-electron chi connectivity index (χ2n) is 2.30. The topological polar surface area (TPSA) is 50.1 Å². The van der Waals surface area contributed by atoms with Gasteiger partial charge in [-0.1, -0.05) is 0 Å². The lowest BCUT2D eigenvalue weighted by Crippen LogP contribution is -2.39. The summed E-state index contributed by atoms with van der Waals surface area (Å²) in [5.41, 5.74) is -1.78. The molecule has 0 radical (unpaired) electrons. The Bertz CT molecular complexity index is 192. The van der Waals surface area contributed by atoms with Crippen molar-refractivity contribution in [3.8, 4) is 6.07 Å². The summed E-state index contributed by atoms with van der Waals surface area (Å²) in [6.07, 6.45) is 2.15. The summed E-state index contributed by atoms with van der Waals surface area (Å²) in [6, 6.07) is 1.92. The Labute approximate surface area is 63.5 Å². The molecule has 10 heavy (non-hydrogen) atoms. The van der Waals surface area contributed by atoms with Crippen LogP contribution in [0.3, 0.4) is 0 Å². The average Bonchev–Trinajstić information content (AvgIpc) is 1.78. The van der Waals surface area contributed by atoms with Crippen molar-refractivity contribution >= 4 is 17.0 Å². The third-order valence-corrected chi connectivity index (χ3v) is 1.72. The van der Waals surface area contributed by atoms with Gasteiger partial charge in [-0.15, -0.1) is 0 Å². The molecule has 1 fully saturated rings. The molecule has 54 valence electrons. The van der Waals surface area contributed by atoms with Crippen LogP contribution in [-0.4, -0.2) is 11.0 Å². The molecule has 0 bridgehead atoms. The highest BCUT2D eigenvalue weighted by Gasteiger charge is 2.40. The van der Waals surface area contributed by atoms with Crippen LogP contribution in [0.2, 0.25) is 0 Å². The summed E-state index contributed by atoms with van der Waals surface area (Å²) in [4.78, 5) is 10.2. The molecule has 1 aliphatic carbocycles. The maximum atomic E-state index is 10.2. The zero-order valence-corrected chi connectivity index (χ0v) is 6.02. The molecule has 0 aliphatic heterocycles. The molecule has 0 amide bonds. The third-order valence-electron chi connectivity index (χ3n) is 1.64. The Morgan fingerprint density at radius 2 is 2.30 bits per heavy atom. The summed E-state index contributed by atoms with van der Waals surface area (Å²) < 4.78 is 4.59. The number of nitrogens with zero attached hydrogens (tertiary/aromatic N) is 1. The number of nitriles is 1. The monoisotopic (exact) mass is 159 g/mol. The van der Waals surface area contributed by atoms with E-state index in [2.05, 4.69) is 4.74 Å². The number of hydrogen-bond acceptors (Lipinski definition) is 3. The van der Waals surface area contributed by atoms with Crippen molar-refractivity contribution in [2.24, 2.45) is 0 Å². The maximum Gasteiger partial charge on any atom is 0.405 e. The van der Waals surface area contributed by atoms with Crippen molar-refractivity contribution in [3.63, 3.8) is 0 Å². The minimum absolute atomic E-state index is 0.613. The van der Waals surface area contributed by atoms with Crippen LogP contribution in [0.1, 0.15) is 19.3 Å². The molecule has 4 heteroatoms. The van der Waals surface area contributed by atoms with Crippen molar-refractivity contribution in [2.45, 2.75) is 24.9 Å². The molecule has 1 rings (SSSR count). The summed E-state index contributed by atoms with van der Waals surface area (Å²) >= 11 is 4.94. The third kappa shape index (κ3) is 1.22. The Kier molecular flexibility index (Phi) is 1.82. The highest BCUT2D eigenvalue weighted by Crippen LogP contribution is 2.35. The highest BCUT2D eigenvalue weighted by atomic mass is 35.5. The largest absolute Gasteiger partial charge is 0.432 e. The lowest BCUT2D eigenvalue weighted by Gasteiger charge is -2.33. The van der Waals surface area contributed by atoms with Crippen molar-refractivity contribution in [3.05, 3.63) is 0 Å². The van der Waals surface area contributed by atoms with Crippen LogP contribution in [0, 0.1) is 11.3 Å². The van der Waals surface area contributed by atoms with Gasteiger partial charge in [0.15, 0.2) is 5.60 Å². The molecule has 1 saturated carbocycles. The minimum atomic E-state index is -0.890. The predicted octanol–water partition coefficient (Wildman–Crippen LogP) is 1.81. The summed E-state index contributed by atoms with van der Waals surface area (Å²) in [6.45, 7) is 0. The summed E-state index contributed by atoms with van der Waals surface area (Å²) in [5, 5.41) is 8.50. The van der Waals surface area contributed by atoms with Crippen LogP contribution in [-0.2, 0) is 4.74 Å². The molecule has 0 aromatic heterocycles. The molecule has 3 nitrogen and oxygen atoms in total. The minimum Gasteiger partial charge on any atom is -0.432 e. The van der Waals surface area contributed by atoms with E-state index < -0.39 is 11.0 Å². The van der Waals surface area contributed by atoms with Crippen LogP contribution in [0.5, 0.6) is 0 Å². The SMILES string of the molecule is N#CC1(OC(=O)Cl)CCC1. The molecule has 0 saturated heterocycles. The van der Waals surface area contributed by atoms with Crippen LogP contribution >= 0.6 is 11.6 Å². The van der Waals surface area contributed by atoms with Crippen LogP contribution in [0.4, 0.5) is 4.79 Å². The molecular weight excluding hydrogens is 154 g/mol. The fourth-order valence-electron chi connectivity index (χ4n) is 0.888. The van der Waals surface area contributed by atoms with E-state index in [1.54, 1.807) is 0 Å². The molecule has 0 aromatic carbocycles. The van der Waals surface area contributed by atoms with E-state index in [0.29, 0.717) is 12.8 Å². The Morgan fingerprint density at radius 3 is 2.40 bits per heavy atom. The van der Waals surface area contributed by atoms with Gasteiger partial charge in [-0.3, -0.25) is 0 Å². The predicted molar refractivity (Wildman–Crippen MR) is 34.5 cm³/mol. The normalized spacial score (nSPS) is 20.4. The van der Waals surface area contributed by atoms with Crippen LogP contribution in [0.25, 0.3) is 0 Å². The number of carbonyl (C=O) groups is 1. The van der Waals surface area contributed by atoms with E-state index in [1.807, 2.05) is 6.07 Å².